The summed E-state index contributed by atoms with van der Waals surface area (Å²) >= 11 is 5.86. The second-order valence-corrected chi connectivity index (χ2v) is 6.38. The average Bonchev–Trinajstić information content (AvgIpc) is 2.56. The number of halogens is 1. The Hall–Kier alpha value is -2.26. The highest BCUT2D eigenvalue weighted by molar-refractivity contribution is 6.30. The van der Waals surface area contributed by atoms with E-state index in [1.165, 1.54) is 0 Å². The molecule has 0 aliphatic rings. The van der Waals surface area contributed by atoms with E-state index in [4.69, 9.17) is 16.3 Å². The first-order valence-corrected chi connectivity index (χ1v) is 8.42. The van der Waals surface area contributed by atoms with Gasteiger partial charge in [-0.05, 0) is 55.7 Å². The summed E-state index contributed by atoms with van der Waals surface area (Å²) in [7, 11) is 0. The van der Waals surface area contributed by atoms with Gasteiger partial charge in [-0.1, -0.05) is 29.8 Å². The zero-order valence-corrected chi connectivity index (χ0v) is 14.6. The van der Waals surface area contributed by atoms with Gasteiger partial charge in [0.1, 0.15) is 5.75 Å². The molecule has 24 heavy (non-hydrogen) atoms. The lowest BCUT2D eigenvalue weighted by molar-refractivity contribution is 0.302. The van der Waals surface area contributed by atoms with Crippen LogP contribution in [0.4, 0.5) is 0 Å². The van der Waals surface area contributed by atoms with Gasteiger partial charge in [0, 0.05) is 23.0 Å². The van der Waals surface area contributed by atoms with Gasteiger partial charge in [0.25, 0.3) is 5.56 Å². The largest absolute Gasteiger partial charge is 0.494 e. The predicted molar refractivity (Wildman–Crippen MR) is 99.2 cm³/mol. The number of fused-ring (bicyclic) bond motifs is 1. The Morgan fingerprint density at radius 2 is 1.79 bits per heavy atom. The highest BCUT2D eigenvalue weighted by Gasteiger charge is 2.08. The van der Waals surface area contributed by atoms with E-state index in [9.17, 15) is 4.79 Å². The molecule has 2 aromatic carbocycles. The number of pyridine rings is 1. The van der Waals surface area contributed by atoms with Gasteiger partial charge in [-0.2, -0.15) is 0 Å². The van der Waals surface area contributed by atoms with Crippen LogP contribution in [0.2, 0.25) is 5.02 Å². The molecule has 3 nitrogen and oxygen atoms in total. The lowest BCUT2D eigenvalue weighted by Gasteiger charge is -2.14. The van der Waals surface area contributed by atoms with Crippen LogP contribution >= 0.6 is 11.6 Å². The molecule has 0 saturated carbocycles. The summed E-state index contributed by atoms with van der Waals surface area (Å²) in [6, 6.07) is 15.2. The fourth-order valence-corrected chi connectivity index (χ4v) is 3.08. The van der Waals surface area contributed by atoms with Crippen molar-refractivity contribution in [2.45, 2.75) is 26.8 Å². The van der Waals surface area contributed by atoms with Crippen LogP contribution in [-0.2, 0) is 6.54 Å². The topological polar surface area (TPSA) is 31.2 Å². The summed E-state index contributed by atoms with van der Waals surface area (Å²) in [5.41, 5.74) is 3.20. The Morgan fingerprint density at radius 3 is 2.54 bits per heavy atom. The third-order valence-electron chi connectivity index (χ3n) is 4.15. The Kier molecular flexibility index (Phi) is 4.91. The van der Waals surface area contributed by atoms with E-state index in [1.807, 2.05) is 42.7 Å². The van der Waals surface area contributed by atoms with Gasteiger partial charge >= 0.3 is 0 Å². The normalized spacial score (nSPS) is 11.0. The first-order valence-electron chi connectivity index (χ1n) is 8.04. The molecule has 0 aliphatic carbocycles. The van der Waals surface area contributed by atoms with Gasteiger partial charge in [0.15, 0.2) is 0 Å². The molecular formula is C20H20ClNO2. The van der Waals surface area contributed by atoms with Crippen LogP contribution < -0.4 is 10.3 Å². The third-order valence-corrected chi connectivity index (χ3v) is 4.40. The van der Waals surface area contributed by atoms with E-state index in [0.29, 0.717) is 18.2 Å². The number of hydrogen-bond donors (Lipinski definition) is 0. The SMILES string of the molecule is Cc1cc(=O)n(CCCOc2ccc(Cl)cc2)c2c(C)cccc12. The summed E-state index contributed by atoms with van der Waals surface area (Å²) in [4.78, 5) is 12.4. The molecule has 0 spiro atoms. The highest BCUT2D eigenvalue weighted by Crippen LogP contribution is 2.20. The molecule has 0 bridgehead atoms. The molecule has 3 rings (SSSR count). The Balaban J connectivity index is 1.76. The molecule has 0 N–H and O–H groups in total. The standard InChI is InChI=1S/C20H20ClNO2/c1-14-5-3-6-18-15(2)13-19(23)22(20(14)18)11-4-12-24-17-9-7-16(21)8-10-17/h3,5-10,13H,4,11-12H2,1-2H3. The maximum Gasteiger partial charge on any atom is 0.251 e. The molecule has 0 amide bonds. The second-order valence-electron chi connectivity index (χ2n) is 5.94. The van der Waals surface area contributed by atoms with Gasteiger partial charge in [-0.3, -0.25) is 4.79 Å². The van der Waals surface area contributed by atoms with E-state index in [0.717, 1.165) is 34.2 Å². The van der Waals surface area contributed by atoms with E-state index in [-0.39, 0.29) is 5.56 Å². The maximum absolute atomic E-state index is 12.4. The first kappa shape index (κ1) is 16.6. The van der Waals surface area contributed by atoms with Crippen molar-refractivity contribution in [1.29, 1.82) is 0 Å². The van der Waals surface area contributed by atoms with Gasteiger partial charge in [0.2, 0.25) is 0 Å². The number of aryl methyl sites for hydroxylation is 3. The molecule has 124 valence electrons. The fourth-order valence-electron chi connectivity index (χ4n) is 2.95. The van der Waals surface area contributed by atoms with Crippen molar-refractivity contribution in [2.75, 3.05) is 6.61 Å². The smallest absolute Gasteiger partial charge is 0.251 e. The van der Waals surface area contributed by atoms with Gasteiger partial charge in [0.05, 0.1) is 12.1 Å². The predicted octanol–water partition coefficient (Wildman–Crippen LogP) is 4.74. The number of para-hydroxylation sites is 1. The van der Waals surface area contributed by atoms with Crippen LogP contribution in [-0.4, -0.2) is 11.2 Å². The van der Waals surface area contributed by atoms with Crippen LogP contribution in [0.1, 0.15) is 17.5 Å². The van der Waals surface area contributed by atoms with Gasteiger partial charge in [-0.15, -0.1) is 0 Å². The highest BCUT2D eigenvalue weighted by atomic mass is 35.5. The molecule has 0 unspecified atom stereocenters. The van der Waals surface area contributed by atoms with Crippen LogP contribution in [0.5, 0.6) is 5.75 Å². The minimum absolute atomic E-state index is 0.0424. The van der Waals surface area contributed by atoms with Crippen molar-refractivity contribution in [3.63, 3.8) is 0 Å². The summed E-state index contributed by atoms with van der Waals surface area (Å²) in [5, 5.41) is 1.82. The van der Waals surface area contributed by atoms with Crippen molar-refractivity contribution < 1.29 is 4.74 Å². The van der Waals surface area contributed by atoms with E-state index < -0.39 is 0 Å². The molecule has 1 aromatic heterocycles. The lowest BCUT2D eigenvalue weighted by Crippen LogP contribution is -2.22. The van der Waals surface area contributed by atoms with Crippen LogP contribution in [0.25, 0.3) is 10.9 Å². The lowest BCUT2D eigenvalue weighted by atomic mass is 10.1. The summed E-state index contributed by atoms with van der Waals surface area (Å²) in [6.45, 7) is 5.21. The van der Waals surface area contributed by atoms with Crippen LogP contribution in [0, 0.1) is 13.8 Å². The van der Waals surface area contributed by atoms with Crippen molar-refractivity contribution >= 4 is 22.5 Å². The van der Waals surface area contributed by atoms with E-state index in [2.05, 4.69) is 6.07 Å². The molecule has 0 saturated heterocycles. The molecule has 1 heterocycles. The second kappa shape index (κ2) is 7.10. The number of aromatic nitrogens is 1. The van der Waals surface area contributed by atoms with E-state index >= 15 is 0 Å². The molecule has 3 aromatic rings. The summed E-state index contributed by atoms with van der Waals surface area (Å²) in [6.07, 6.45) is 0.759. The number of nitrogens with zero attached hydrogens (tertiary/aromatic N) is 1. The van der Waals surface area contributed by atoms with Gasteiger partial charge in [-0.25, -0.2) is 0 Å². The Labute approximate surface area is 146 Å². The summed E-state index contributed by atoms with van der Waals surface area (Å²) < 4.78 is 7.56. The molecule has 0 fully saturated rings. The minimum Gasteiger partial charge on any atom is -0.494 e. The number of hydrogen-bond acceptors (Lipinski definition) is 2. The minimum atomic E-state index is 0.0424. The van der Waals surface area contributed by atoms with Crippen molar-refractivity contribution in [2.24, 2.45) is 0 Å². The van der Waals surface area contributed by atoms with Crippen molar-refractivity contribution in [3.05, 3.63) is 75.0 Å². The molecular weight excluding hydrogens is 322 g/mol. The zero-order valence-electron chi connectivity index (χ0n) is 13.9. The van der Waals surface area contributed by atoms with Crippen molar-refractivity contribution in [3.8, 4) is 5.75 Å². The molecule has 0 aliphatic heterocycles. The first-order chi connectivity index (χ1) is 11.6. The summed E-state index contributed by atoms with van der Waals surface area (Å²) in [5.74, 6) is 0.789. The third kappa shape index (κ3) is 3.46. The van der Waals surface area contributed by atoms with Crippen LogP contribution in [0.15, 0.2) is 53.3 Å². The average molecular weight is 342 g/mol. The monoisotopic (exact) mass is 341 g/mol. The number of benzene rings is 2. The quantitative estimate of drug-likeness (QED) is 0.627. The fraction of sp³-hybridized carbons (Fsp3) is 0.250. The van der Waals surface area contributed by atoms with Gasteiger partial charge < -0.3 is 9.30 Å². The molecule has 0 atom stereocenters. The Morgan fingerprint density at radius 1 is 1.04 bits per heavy atom. The van der Waals surface area contributed by atoms with Crippen LogP contribution in [0.3, 0.4) is 0 Å². The zero-order chi connectivity index (χ0) is 17.1. The maximum atomic E-state index is 12.4. The van der Waals surface area contributed by atoms with Crippen molar-refractivity contribution in [1.82, 2.24) is 4.57 Å². The Bertz CT molecular complexity index is 913. The molecule has 4 heteroatoms. The number of ether oxygens (including phenoxy) is 1. The molecule has 0 radical (unpaired) electrons. The number of rotatable bonds is 5. The van der Waals surface area contributed by atoms with E-state index in [1.54, 1.807) is 18.2 Å².